The second-order valence-electron chi connectivity index (χ2n) is 7.12. The Balaban J connectivity index is 1.61. The molecule has 0 bridgehead atoms. The minimum absolute atomic E-state index is 0.0420. The number of methoxy groups -OCH3 is 2. The van der Waals surface area contributed by atoms with E-state index in [2.05, 4.69) is 22.0 Å². The number of carbonyl (C=O) groups excluding carboxylic acids is 1. The molecule has 1 atom stereocenters. The van der Waals surface area contributed by atoms with Gasteiger partial charge in [-0.1, -0.05) is 24.3 Å². The van der Waals surface area contributed by atoms with Crippen LogP contribution in [0.25, 0.3) is 0 Å². The fraction of sp³-hybridized carbons (Fsp3) is 0.391. The Hall–Kier alpha value is -3.22. The minimum Gasteiger partial charge on any atom is -0.493 e. The van der Waals surface area contributed by atoms with Crippen LogP contribution < -0.4 is 25.4 Å². The van der Waals surface area contributed by atoms with E-state index < -0.39 is 0 Å². The number of aliphatic imine (C=N–C) groups is 1. The molecule has 2 aromatic carbocycles. The van der Waals surface area contributed by atoms with E-state index in [9.17, 15) is 4.79 Å². The van der Waals surface area contributed by atoms with Crippen molar-refractivity contribution in [2.24, 2.45) is 4.99 Å². The molecule has 7 heteroatoms. The lowest BCUT2D eigenvalue weighted by Crippen LogP contribution is -2.38. The van der Waals surface area contributed by atoms with Crippen LogP contribution in [0.2, 0.25) is 0 Å². The van der Waals surface area contributed by atoms with Crippen molar-refractivity contribution >= 4 is 17.6 Å². The summed E-state index contributed by atoms with van der Waals surface area (Å²) in [5.41, 5.74) is 3.18. The third-order valence-corrected chi connectivity index (χ3v) is 5.07. The Labute approximate surface area is 177 Å². The third-order valence-electron chi connectivity index (χ3n) is 5.07. The fourth-order valence-electron chi connectivity index (χ4n) is 3.57. The van der Waals surface area contributed by atoms with Gasteiger partial charge in [0, 0.05) is 31.1 Å². The Bertz CT molecular complexity index is 898. The molecule has 30 heavy (non-hydrogen) atoms. The molecule has 2 aromatic rings. The maximum absolute atomic E-state index is 12.0. The van der Waals surface area contributed by atoms with Crippen molar-refractivity contribution in [2.75, 3.05) is 39.2 Å². The van der Waals surface area contributed by atoms with Gasteiger partial charge in [0.1, 0.15) is 0 Å². The van der Waals surface area contributed by atoms with Gasteiger partial charge in [0.2, 0.25) is 5.91 Å². The summed E-state index contributed by atoms with van der Waals surface area (Å²) in [7, 11) is 3.27. The van der Waals surface area contributed by atoms with E-state index in [0.717, 1.165) is 53.8 Å². The highest BCUT2D eigenvalue weighted by molar-refractivity contribution is 5.94. The normalized spacial score (nSPS) is 15.8. The summed E-state index contributed by atoms with van der Waals surface area (Å²) in [6, 6.07) is 13.9. The molecule has 1 amide bonds. The first kappa shape index (κ1) is 21.5. The zero-order chi connectivity index (χ0) is 21.3. The largest absolute Gasteiger partial charge is 0.493 e. The summed E-state index contributed by atoms with van der Waals surface area (Å²) in [6.45, 7) is 4.08. The van der Waals surface area contributed by atoms with Crippen LogP contribution in [0.1, 0.15) is 30.4 Å². The maximum atomic E-state index is 12.0. The number of rotatable bonds is 8. The molecule has 1 unspecified atom stereocenters. The quantitative estimate of drug-likeness (QED) is 0.460. The van der Waals surface area contributed by atoms with E-state index >= 15 is 0 Å². The molecule has 0 radical (unpaired) electrons. The number of hydrogen-bond donors (Lipinski definition) is 3. The highest BCUT2D eigenvalue weighted by Gasteiger charge is 2.24. The molecule has 0 aromatic heterocycles. The molecule has 7 nitrogen and oxygen atoms in total. The van der Waals surface area contributed by atoms with Crippen LogP contribution in [0.5, 0.6) is 11.5 Å². The maximum Gasteiger partial charge on any atom is 0.225 e. The molecule has 3 rings (SSSR count). The van der Waals surface area contributed by atoms with Crippen LogP contribution in [0.4, 0.5) is 5.69 Å². The van der Waals surface area contributed by atoms with Crippen molar-refractivity contribution in [1.82, 2.24) is 10.6 Å². The van der Waals surface area contributed by atoms with Gasteiger partial charge in [-0.05, 0) is 42.7 Å². The predicted molar refractivity (Wildman–Crippen MR) is 120 cm³/mol. The van der Waals surface area contributed by atoms with E-state index in [0.29, 0.717) is 13.0 Å². The van der Waals surface area contributed by atoms with Gasteiger partial charge in [-0.25, -0.2) is 0 Å². The number of fused-ring (bicyclic) bond motifs is 1. The SMILES string of the molecule is CCNC(=NCC1CC(=O)Nc2ccccc21)NCCc1ccc(OC)c(OC)c1. The van der Waals surface area contributed by atoms with Gasteiger partial charge in [-0.3, -0.25) is 9.79 Å². The molecule has 3 N–H and O–H groups in total. The van der Waals surface area contributed by atoms with Crippen LogP contribution in [-0.2, 0) is 11.2 Å². The number of ether oxygens (including phenoxy) is 2. The third kappa shape index (κ3) is 5.43. The highest BCUT2D eigenvalue weighted by Crippen LogP contribution is 2.32. The molecule has 1 heterocycles. The van der Waals surface area contributed by atoms with E-state index in [4.69, 9.17) is 14.5 Å². The van der Waals surface area contributed by atoms with Crippen LogP contribution >= 0.6 is 0 Å². The van der Waals surface area contributed by atoms with Gasteiger partial charge in [0.15, 0.2) is 17.5 Å². The molecule has 1 aliphatic rings. The standard InChI is InChI=1S/C23H30N4O3/c1-4-24-23(25-12-11-16-9-10-20(29-2)21(13-16)30-3)26-15-17-14-22(28)27-19-8-6-5-7-18(17)19/h5-10,13,17H,4,11-12,14-15H2,1-3H3,(H,27,28)(H2,24,25,26). The van der Waals surface area contributed by atoms with Crippen molar-refractivity contribution in [1.29, 1.82) is 0 Å². The zero-order valence-corrected chi connectivity index (χ0v) is 17.8. The number of guanidine groups is 1. The van der Waals surface area contributed by atoms with Gasteiger partial charge in [0.25, 0.3) is 0 Å². The number of nitrogens with one attached hydrogen (secondary N) is 3. The summed E-state index contributed by atoms with van der Waals surface area (Å²) < 4.78 is 10.7. The Kier molecular flexibility index (Phi) is 7.54. The lowest BCUT2D eigenvalue weighted by Gasteiger charge is -2.24. The first-order valence-electron chi connectivity index (χ1n) is 10.3. The molecule has 0 saturated heterocycles. The summed E-state index contributed by atoms with van der Waals surface area (Å²) in [4.78, 5) is 16.8. The molecule has 160 valence electrons. The number of hydrogen-bond acceptors (Lipinski definition) is 4. The van der Waals surface area contributed by atoms with Gasteiger partial charge >= 0.3 is 0 Å². The lowest BCUT2D eigenvalue weighted by molar-refractivity contribution is -0.116. The van der Waals surface area contributed by atoms with Crippen molar-refractivity contribution in [2.45, 2.75) is 25.7 Å². The average Bonchev–Trinajstić information content (AvgIpc) is 2.77. The molecule has 0 aliphatic carbocycles. The Morgan fingerprint density at radius 2 is 1.93 bits per heavy atom. The van der Waals surface area contributed by atoms with Gasteiger partial charge in [-0.2, -0.15) is 0 Å². The second kappa shape index (κ2) is 10.5. The number of para-hydroxylation sites is 1. The lowest BCUT2D eigenvalue weighted by atomic mass is 9.91. The second-order valence-corrected chi connectivity index (χ2v) is 7.12. The molecule has 0 fully saturated rings. The minimum atomic E-state index is 0.0420. The van der Waals surface area contributed by atoms with E-state index in [1.165, 1.54) is 0 Å². The summed E-state index contributed by atoms with van der Waals surface area (Å²) >= 11 is 0. The zero-order valence-electron chi connectivity index (χ0n) is 17.8. The van der Waals surface area contributed by atoms with E-state index in [1.807, 2.05) is 43.3 Å². The monoisotopic (exact) mass is 410 g/mol. The number of benzene rings is 2. The molecular formula is C23H30N4O3. The van der Waals surface area contributed by atoms with Gasteiger partial charge < -0.3 is 25.4 Å². The first-order chi connectivity index (χ1) is 14.6. The van der Waals surface area contributed by atoms with Gasteiger partial charge in [-0.15, -0.1) is 0 Å². The molecule has 0 saturated carbocycles. The number of carbonyl (C=O) groups is 1. The fourth-order valence-corrected chi connectivity index (χ4v) is 3.57. The topological polar surface area (TPSA) is 84.0 Å². The Morgan fingerprint density at radius 3 is 2.70 bits per heavy atom. The van der Waals surface area contributed by atoms with Crippen molar-refractivity contribution < 1.29 is 14.3 Å². The molecule has 1 aliphatic heterocycles. The number of nitrogens with zero attached hydrogens (tertiary/aromatic N) is 1. The van der Waals surface area contributed by atoms with Crippen LogP contribution in [0, 0.1) is 0 Å². The van der Waals surface area contributed by atoms with Crippen molar-refractivity contribution in [3.05, 3.63) is 53.6 Å². The van der Waals surface area contributed by atoms with Crippen molar-refractivity contribution in [3.63, 3.8) is 0 Å². The summed E-state index contributed by atoms with van der Waals surface area (Å²) in [5, 5.41) is 9.59. The van der Waals surface area contributed by atoms with Crippen LogP contribution in [-0.4, -0.2) is 45.7 Å². The molecular weight excluding hydrogens is 380 g/mol. The molecule has 0 spiro atoms. The smallest absolute Gasteiger partial charge is 0.225 e. The number of amides is 1. The predicted octanol–water partition coefficient (Wildman–Crippen LogP) is 2.93. The van der Waals surface area contributed by atoms with E-state index in [1.54, 1.807) is 14.2 Å². The van der Waals surface area contributed by atoms with Crippen molar-refractivity contribution in [3.8, 4) is 11.5 Å². The van der Waals surface area contributed by atoms with E-state index in [-0.39, 0.29) is 11.8 Å². The van der Waals surface area contributed by atoms with Gasteiger partial charge in [0.05, 0.1) is 20.8 Å². The first-order valence-corrected chi connectivity index (χ1v) is 10.3. The summed E-state index contributed by atoms with van der Waals surface area (Å²) in [5.74, 6) is 2.32. The highest BCUT2D eigenvalue weighted by atomic mass is 16.5. The van der Waals surface area contributed by atoms with Crippen LogP contribution in [0.15, 0.2) is 47.5 Å². The number of anilines is 1. The average molecular weight is 411 g/mol. The summed E-state index contributed by atoms with van der Waals surface area (Å²) in [6.07, 6.45) is 1.27. The van der Waals surface area contributed by atoms with Crippen LogP contribution in [0.3, 0.4) is 0 Å². The Morgan fingerprint density at radius 1 is 1.13 bits per heavy atom.